The molecule has 0 aliphatic carbocycles. The number of halogens is 2. The third-order valence-electron chi connectivity index (χ3n) is 3.28. The van der Waals surface area contributed by atoms with Gasteiger partial charge in [-0.1, -0.05) is 32.9 Å². The van der Waals surface area contributed by atoms with Gasteiger partial charge in [-0.25, -0.2) is 8.78 Å². The lowest BCUT2D eigenvalue weighted by Crippen LogP contribution is -2.21. The van der Waals surface area contributed by atoms with Crippen molar-refractivity contribution in [2.24, 2.45) is 0 Å². The predicted molar refractivity (Wildman–Crippen MR) is 85.6 cm³/mol. The van der Waals surface area contributed by atoms with Crippen molar-refractivity contribution >= 4 is 11.6 Å². The zero-order valence-corrected chi connectivity index (χ0v) is 13.3. The Hall–Kier alpha value is -2.43. The lowest BCUT2D eigenvalue weighted by atomic mass is 9.87. The third kappa shape index (κ3) is 4.77. The first kappa shape index (κ1) is 16.9. The highest BCUT2D eigenvalue weighted by Gasteiger charge is 2.14. The van der Waals surface area contributed by atoms with Gasteiger partial charge >= 0.3 is 0 Å². The van der Waals surface area contributed by atoms with Gasteiger partial charge in [0, 0.05) is 6.07 Å². The highest BCUT2D eigenvalue weighted by molar-refractivity contribution is 5.91. The average Bonchev–Trinajstić information content (AvgIpc) is 2.47. The first-order chi connectivity index (χ1) is 10.8. The molecule has 2 aromatic carbocycles. The number of carbonyl (C=O) groups is 1. The van der Waals surface area contributed by atoms with Crippen LogP contribution in [0.15, 0.2) is 42.5 Å². The van der Waals surface area contributed by atoms with Gasteiger partial charge in [0.05, 0.1) is 5.69 Å². The van der Waals surface area contributed by atoms with E-state index in [1.807, 2.05) is 18.2 Å². The molecule has 0 saturated carbocycles. The van der Waals surface area contributed by atoms with Crippen LogP contribution >= 0.6 is 0 Å². The molecule has 0 aliphatic heterocycles. The van der Waals surface area contributed by atoms with Gasteiger partial charge in [-0.2, -0.15) is 0 Å². The molecule has 1 N–H and O–H groups in total. The highest BCUT2D eigenvalue weighted by Crippen LogP contribution is 2.25. The van der Waals surface area contributed by atoms with Crippen LogP contribution in [-0.4, -0.2) is 12.5 Å². The van der Waals surface area contributed by atoms with Crippen LogP contribution in [0.25, 0.3) is 0 Å². The number of rotatable bonds is 4. The second-order valence-corrected chi connectivity index (χ2v) is 6.24. The minimum Gasteiger partial charge on any atom is -0.484 e. The molecule has 1 amide bonds. The van der Waals surface area contributed by atoms with E-state index in [0.717, 1.165) is 11.6 Å². The molecule has 0 fully saturated rings. The van der Waals surface area contributed by atoms with Crippen LogP contribution in [0.3, 0.4) is 0 Å². The maximum atomic E-state index is 13.5. The summed E-state index contributed by atoms with van der Waals surface area (Å²) >= 11 is 0. The number of anilines is 1. The Bertz CT molecular complexity index is 708. The van der Waals surface area contributed by atoms with Crippen molar-refractivity contribution in [1.29, 1.82) is 0 Å². The maximum absolute atomic E-state index is 13.5. The highest BCUT2D eigenvalue weighted by atomic mass is 19.1. The van der Waals surface area contributed by atoms with Crippen molar-refractivity contribution in [1.82, 2.24) is 0 Å². The number of ether oxygens (including phenoxy) is 1. The molecule has 2 rings (SSSR count). The van der Waals surface area contributed by atoms with Crippen molar-refractivity contribution in [3.05, 3.63) is 59.7 Å². The van der Waals surface area contributed by atoms with Crippen LogP contribution in [0, 0.1) is 11.6 Å². The van der Waals surface area contributed by atoms with E-state index in [-0.39, 0.29) is 17.7 Å². The molecular weight excluding hydrogens is 300 g/mol. The summed E-state index contributed by atoms with van der Waals surface area (Å²) in [4.78, 5) is 11.8. The smallest absolute Gasteiger partial charge is 0.262 e. The lowest BCUT2D eigenvalue weighted by Gasteiger charge is -2.19. The molecule has 0 saturated heterocycles. The molecule has 5 heteroatoms. The molecule has 0 unspecified atom stereocenters. The van der Waals surface area contributed by atoms with Gasteiger partial charge in [-0.15, -0.1) is 0 Å². The molecule has 0 heterocycles. The van der Waals surface area contributed by atoms with Crippen LogP contribution in [-0.2, 0) is 10.2 Å². The molecule has 2 aromatic rings. The zero-order valence-electron chi connectivity index (χ0n) is 13.3. The third-order valence-corrected chi connectivity index (χ3v) is 3.28. The molecule has 0 aromatic heterocycles. The summed E-state index contributed by atoms with van der Waals surface area (Å²) in [5.74, 6) is -1.48. The van der Waals surface area contributed by atoms with E-state index in [2.05, 4.69) is 26.1 Å². The van der Waals surface area contributed by atoms with E-state index in [1.165, 1.54) is 6.07 Å². The van der Waals surface area contributed by atoms with E-state index in [4.69, 9.17) is 4.74 Å². The van der Waals surface area contributed by atoms with Crippen LogP contribution in [0.1, 0.15) is 26.3 Å². The topological polar surface area (TPSA) is 38.3 Å². The summed E-state index contributed by atoms with van der Waals surface area (Å²) in [5.41, 5.74) is 0.974. The van der Waals surface area contributed by atoms with Crippen LogP contribution in [0.5, 0.6) is 5.75 Å². The molecule has 23 heavy (non-hydrogen) atoms. The normalized spacial score (nSPS) is 11.2. The van der Waals surface area contributed by atoms with E-state index in [0.29, 0.717) is 11.8 Å². The standard InChI is InChI=1S/C18H19F2NO2/c1-18(2,3)12-5-4-6-14(9-12)23-11-17(22)21-16-8-7-13(19)10-15(16)20/h4-10H,11H2,1-3H3,(H,21,22). The monoisotopic (exact) mass is 319 g/mol. The summed E-state index contributed by atoms with van der Waals surface area (Å²) in [6.07, 6.45) is 0. The number of amides is 1. The van der Waals surface area contributed by atoms with E-state index in [9.17, 15) is 13.6 Å². The van der Waals surface area contributed by atoms with Crippen molar-refractivity contribution in [3.63, 3.8) is 0 Å². The Balaban J connectivity index is 1.97. The zero-order chi connectivity index (χ0) is 17.0. The Morgan fingerprint density at radius 1 is 1.13 bits per heavy atom. The molecule has 0 spiro atoms. The Labute approximate surface area is 134 Å². The number of hydrogen-bond acceptors (Lipinski definition) is 2. The van der Waals surface area contributed by atoms with Crippen molar-refractivity contribution in [2.45, 2.75) is 26.2 Å². The molecular formula is C18H19F2NO2. The van der Waals surface area contributed by atoms with E-state index in [1.54, 1.807) is 6.07 Å². The van der Waals surface area contributed by atoms with Crippen molar-refractivity contribution in [3.8, 4) is 5.75 Å². The predicted octanol–water partition coefficient (Wildman–Crippen LogP) is 4.28. The number of hydrogen-bond donors (Lipinski definition) is 1. The van der Waals surface area contributed by atoms with Gasteiger partial charge in [0.15, 0.2) is 6.61 Å². The van der Waals surface area contributed by atoms with Gasteiger partial charge in [0.25, 0.3) is 5.91 Å². The fraction of sp³-hybridized carbons (Fsp3) is 0.278. The molecule has 122 valence electrons. The molecule has 0 bridgehead atoms. The lowest BCUT2D eigenvalue weighted by molar-refractivity contribution is -0.118. The minimum atomic E-state index is -0.826. The summed E-state index contributed by atoms with van der Waals surface area (Å²) in [5, 5.41) is 2.35. The van der Waals surface area contributed by atoms with Gasteiger partial charge < -0.3 is 10.1 Å². The van der Waals surface area contributed by atoms with Gasteiger partial charge in [-0.3, -0.25) is 4.79 Å². The Kier molecular flexibility index (Phi) is 4.98. The molecule has 0 radical (unpaired) electrons. The first-order valence-electron chi connectivity index (χ1n) is 7.24. The summed E-state index contributed by atoms with van der Waals surface area (Å²) in [6, 6.07) is 10.4. The van der Waals surface area contributed by atoms with Crippen molar-refractivity contribution < 1.29 is 18.3 Å². The molecule has 0 atom stereocenters. The first-order valence-corrected chi connectivity index (χ1v) is 7.24. The second-order valence-electron chi connectivity index (χ2n) is 6.24. The summed E-state index contributed by atoms with van der Waals surface area (Å²) < 4.78 is 31.7. The quantitative estimate of drug-likeness (QED) is 0.913. The van der Waals surface area contributed by atoms with Crippen LogP contribution < -0.4 is 10.1 Å². The summed E-state index contributed by atoms with van der Waals surface area (Å²) in [6.45, 7) is 5.98. The van der Waals surface area contributed by atoms with E-state index >= 15 is 0 Å². The fourth-order valence-corrected chi connectivity index (χ4v) is 1.98. The van der Waals surface area contributed by atoms with Crippen LogP contribution in [0.2, 0.25) is 0 Å². The Morgan fingerprint density at radius 2 is 1.87 bits per heavy atom. The maximum Gasteiger partial charge on any atom is 0.262 e. The SMILES string of the molecule is CC(C)(C)c1cccc(OCC(=O)Nc2ccc(F)cc2F)c1. The number of benzene rings is 2. The van der Waals surface area contributed by atoms with Gasteiger partial charge in [0.1, 0.15) is 17.4 Å². The van der Waals surface area contributed by atoms with E-state index < -0.39 is 17.5 Å². The summed E-state index contributed by atoms with van der Waals surface area (Å²) in [7, 11) is 0. The van der Waals surface area contributed by atoms with Crippen molar-refractivity contribution in [2.75, 3.05) is 11.9 Å². The second kappa shape index (κ2) is 6.77. The number of carbonyl (C=O) groups excluding carboxylic acids is 1. The Morgan fingerprint density at radius 3 is 2.52 bits per heavy atom. The van der Waals surface area contributed by atoms with Crippen LogP contribution in [0.4, 0.5) is 14.5 Å². The molecule has 3 nitrogen and oxygen atoms in total. The minimum absolute atomic E-state index is 0.0289. The molecule has 0 aliphatic rings. The average molecular weight is 319 g/mol. The largest absolute Gasteiger partial charge is 0.484 e. The fourth-order valence-electron chi connectivity index (χ4n) is 1.98. The van der Waals surface area contributed by atoms with Gasteiger partial charge in [0.2, 0.25) is 0 Å². The number of nitrogens with one attached hydrogen (secondary N) is 1. The van der Waals surface area contributed by atoms with Gasteiger partial charge in [-0.05, 0) is 35.2 Å².